The van der Waals surface area contributed by atoms with E-state index in [0.29, 0.717) is 0 Å². The van der Waals surface area contributed by atoms with Gasteiger partial charge in [-0.1, -0.05) is 0 Å². The van der Waals surface area contributed by atoms with Crippen molar-refractivity contribution in [3.63, 3.8) is 0 Å². The van der Waals surface area contributed by atoms with Gasteiger partial charge in [0, 0.05) is 12.3 Å². The quantitative estimate of drug-likeness (QED) is 0.152. The number of methoxy groups -OCH3 is 1. The van der Waals surface area contributed by atoms with E-state index in [1.165, 1.54) is 7.11 Å². The van der Waals surface area contributed by atoms with Crippen molar-refractivity contribution in [1.82, 2.24) is 5.32 Å². The Morgan fingerprint density at radius 3 is 2.67 bits per heavy atom. The van der Waals surface area contributed by atoms with Crippen molar-refractivity contribution >= 4 is 29.4 Å². The summed E-state index contributed by atoms with van der Waals surface area (Å²) in [5.74, 6) is -2.03. The van der Waals surface area contributed by atoms with Crippen LogP contribution in [0.25, 0.3) is 0 Å². The summed E-state index contributed by atoms with van der Waals surface area (Å²) in [5.41, 5.74) is 5.45. The predicted molar refractivity (Wildman–Crippen MR) is 72.9 cm³/mol. The lowest BCUT2D eigenvalue weighted by Crippen LogP contribution is -2.36. The maximum atomic E-state index is 11.4. The number of nitrogens with zero attached hydrogens (tertiary/aromatic N) is 1. The van der Waals surface area contributed by atoms with Gasteiger partial charge in [-0.3, -0.25) is 14.4 Å². The van der Waals surface area contributed by atoms with Crippen LogP contribution in [0.3, 0.4) is 0 Å². The lowest BCUT2D eigenvalue weighted by molar-refractivity contribution is -0.757. The summed E-state index contributed by atoms with van der Waals surface area (Å²) in [4.78, 5) is 47.6. The molecule has 0 aliphatic rings. The van der Waals surface area contributed by atoms with Crippen LogP contribution in [0.1, 0.15) is 6.42 Å². The molecule has 0 spiro atoms. The van der Waals surface area contributed by atoms with Gasteiger partial charge in [0.15, 0.2) is 0 Å². The Morgan fingerprint density at radius 2 is 2.10 bits per heavy atom. The number of rotatable bonds is 11. The van der Waals surface area contributed by atoms with Crippen LogP contribution in [0.15, 0.2) is 0 Å². The second kappa shape index (κ2) is 10.9. The fourth-order valence-electron chi connectivity index (χ4n) is 1.08. The first-order chi connectivity index (χ1) is 9.88. The first kappa shape index (κ1) is 19.1. The van der Waals surface area contributed by atoms with Crippen molar-refractivity contribution in [1.29, 1.82) is 0 Å². The molecule has 0 aliphatic heterocycles. The fraction of sp³-hybridized carbons (Fsp3) is 0.700. The molecule has 0 aromatic heterocycles. The molecule has 0 saturated carbocycles. The van der Waals surface area contributed by atoms with Gasteiger partial charge in [-0.05, 0) is 6.42 Å². The zero-order valence-corrected chi connectivity index (χ0v) is 12.2. The van der Waals surface area contributed by atoms with Gasteiger partial charge in [-0.15, -0.1) is 10.1 Å². The highest BCUT2D eigenvalue weighted by molar-refractivity contribution is 8.00. The summed E-state index contributed by atoms with van der Waals surface area (Å²) >= 11 is 1.04. The first-order valence-electron chi connectivity index (χ1n) is 5.88. The minimum Gasteiger partial charge on any atom is -0.468 e. The minimum absolute atomic E-state index is 0.0881. The number of hydrogen-bond donors (Lipinski definition) is 2. The largest absolute Gasteiger partial charge is 0.468 e. The molecule has 0 unspecified atom stereocenters. The van der Waals surface area contributed by atoms with E-state index in [0.717, 1.165) is 11.8 Å². The Hall–Kier alpha value is -1.88. The van der Waals surface area contributed by atoms with Gasteiger partial charge in [-0.2, -0.15) is 11.8 Å². The molecule has 0 saturated heterocycles. The van der Waals surface area contributed by atoms with Crippen molar-refractivity contribution in [2.24, 2.45) is 5.73 Å². The van der Waals surface area contributed by atoms with Gasteiger partial charge >= 0.3 is 5.97 Å². The van der Waals surface area contributed by atoms with Crippen LogP contribution in [0.5, 0.6) is 0 Å². The monoisotopic (exact) mass is 323 g/mol. The van der Waals surface area contributed by atoms with Gasteiger partial charge in [0.05, 0.1) is 19.5 Å². The molecular weight excluding hydrogens is 306 g/mol. The van der Waals surface area contributed by atoms with Crippen LogP contribution in [0.4, 0.5) is 0 Å². The molecule has 0 heterocycles. The van der Waals surface area contributed by atoms with Gasteiger partial charge < -0.3 is 20.6 Å². The van der Waals surface area contributed by atoms with E-state index in [1.54, 1.807) is 0 Å². The number of hydrogen-bond acceptors (Lipinski definition) is 9. The van der Waals surface area contributed by atoms with Gasteiger partial charge in [0.1, 0.15) is 6.04 Å². The molecule has 0 radical (unpaired) electrons. The van der Waals surface area contributed by atoms with Crippen molar-refractivity contribution in [3.8, 4) is 0 Å². The Balaban J connectivity index is 3.73. The van der Waals surface area contributed by atoms with Crippen molar-refractivity contribution in [2.75, 3.05) is 31.8 Å². The molecule has 0 aliphatic carbocycles. The lowest BCUT2D eigenvalue weighted by Gasteiger charge is -2.08. The van der Waals surface area contributed by atoms with E-state index >= 15 is 0 Å². The number of carbonyl (C=O) groups excluding carboxylic acids is 3. The molecule has 0 aromatic carbocycles. The maximum absolute atomic E-state index is 11.4. The average molecular weight is 323 g/mol. The number of ether oxygens (including phenoxy) is 1. The summed E-state index contributed by atoms with van der Waals surface area (Å²) in [7, 11) is 1.20. The zero-order valence-electron chi connectivity index (χ0n) is 11.4. The molecule has 0 rings (SSSR count). The number of amides is 1. The van der Waals surface area contributed by atoms with Crippen LogP contribution >= 0.6 is 11.8 Å². The smallest absolute Gasteiger partial charge is 0.323 e. The molecule has 1 atom stereocenters. The number of nitrogens with two attached hydrogens (primary N) is 1. The Labute approximate surface area is 124 Å². The van der Waals surface area contributed by atoms with Gasteiger partial charge in [0.25, 0.3) is 11.0 Å². The topological polar surface area (TPSA) is 151 Å². The first-order valence-corrected chi connectivity index (χ1v) is 7.03. The average Bonchev–Trinajstić information content (AvgIpc) is 2.44. The molecule has 120 valence electrons. The maximum Gasteiger partial charge on any atom is 0.323 e. The number of nitrogens with one attached hydrogen (secondary N) is 1. The van der Waals surface area contributed by atoms with E-state index < -0.39 is 28.8 Å². The Bertz CT molecular complexity index is 391. The third-order valence-corrected chi connectivity index (χ3v) is 3.15. The van der Waals surface area contributed by atoms with Crippen LogP contribution in [-0.4, -0.2) is 60.6 Å². The Kier molecular flexibility index (Phi) is 9.88. The zero-order chi connectivity index (χ0) is 16.3. The lowest BCUT2D eigenvalue weighted by atomic mass is 10.4. The van der Waals surface area contributed by atoms with Crippen LogP contribution < -0.4 is 11.1 Å². The highest BCUT2D eigenvalue weighted by Gasteiger charge is 2.17. The highest BCUT2D eigenvalue weighted by Crippen LogP contribution is 2.03. The van der Waals surface area contributed by atoms with E-state index in [4.69, 9.17) is 5.73 Å². The van der Waals surface area contributed by atoms with E-state index in [9.17, 15) is 24.5 Å². The molecule has 0 bridgehead atoms. The van der Waals surface area contributed by atoms with Crippen LogP contribution in [0, 0.1) is 10.1 Å². The number of esters is 1. The molecule has 1 amide bonds. The molecule has 11 heteroatoms. The van der Waals surface area contributed by atoms with Gasteiger partial charge in [-0.25, -0.2) is 0 Å². The SMILES string of the molecule is COC(=O)[C@@H](N)CSCC(=O)C(=O)NCCCO[N+](=O)[O-]. The Morgan fingerprint density at radius 1 is 1.43 bits per heavy atom. The summed E-state index contributed by atoms with van der Waals surface area (Å²) in [6.45, 7) is -0.0744. The number of thioether (sulfide) groups is 1. The third-order valence-electron chi connectivity index (χ3n) is 2.09. The summed E-state index contributed by atoms with van der Waals surface area (Å²) in [6.07, 6.45) is 0.209. The van der Waals surface area contributed by atoms with Gasteiger partial charge in [0.2, 0.25) is 5.78 Å². The molecule has 3 N–H and O–H groups in total. The normalized spacial score (nSPS) is 11.3. The standard InChI is InChI=1S/C10H17N3O7S/c1-19-10(16)7(11)5-21-6-8(14)9(15)12-3-2-4-20-13(17)18/h7H,2-6,11H2,1H3,(H,12,15)/t7-/m0/s1. The van der Waals surface area contributed by atoms with E-state index in [2.05, 4.69) is 14.9 Å². The number of carbonyl (C=O) groups is 3. The molecular formula is C10H17N3O7S. The van der Waals surface area contributed by atoms with E-state index in [1.807, 2.05) is 0 Å². The molecule has 0 fully saturated rings. The second-order valence-corrected chi connectivity index (χ2v) is 4.76. The van der Waals surface area contributed by atoms with Crippen LogP contribution in [0.2, 0.25) is 0 Å². The molecule has 10 nitrogen and oxygen atoms in total. The predicted octanol–water partition coefficient (Wildman–Crippen LogP) is -1.50. The summed E-state index contributed by atoms with van der Waals surface area (Å²) in [5, 5.41) is 11.2. The van der Waals surface area contributed by atoms with Crippen molar-refractivity contribution in [2.45, 2.75) is 12.5 Å². The molecule has 0 aromatic rings. The minimum atomic E-state index is -0.936. The third kappa shape index (κ3) is 9.62. The van der Waals surface area contributed by atoms with Crippen LogP contribution in [-0.2, 0) is 24.0 Å². The number of Topliss-reactive ketones (excluding diaryl/α,β-unsaturated/α-hetero) is 1. The summed E-state index contributed by atoms with van der Waals surface area (Å²) < 4.78 is 4.41. The second-order valence-electron chi connectivity index (χ2n) is 3.73. The van der Waals surface area contributed by atoms with Crippen molar-refractivity contribution < 1.29 is 29.0 Å². The molecule has 21 heavy (non-hydrogen) atoms. The number of ketones is 1. The van der Waals surface area contributed by atoms with E-state index in [-0.39, 0.29) is 31.1 Å². The fourth-order valence-corrected chi connectivity index (χ4v) is 1.90. The highest BCUT2D eigenvalue weighted by atomic mass is 32.2. The van der Waals surface area contributed by atoms with Crippen molar-refractivity contribution in [3.05, 3.63) is 10.1 Å². The summed E-state index contributed by atoms with van der Waals surface area (Å²) in [6, 6.07) is -0.852.